The first-order valence-electron chi connectivity index (χ1n) is 5.71. The molecule has 3 N–H and O–H groups in total. The van der Waals surface area contributed by atoms with E-state index in [1.807, 2.05) is 0 Å². The minimum Gasteiger partial charge on any atom is -0.480 e. The van der Waals surface area contributed by atoms with Gasteiger partial charge in [-0.15, -0.1) is 11.8 Å². The van der Waals surface area contributed by atoms with Crippen molar-refractivity contribution in [1.82, 2.24) is 0 Å². The fourth-order valence-corrected chi connectivity index (χ4v) is 3.25. The summed E-state index contributed by atoms with van der Waals surface area (Å²) in [6.45, 7) is 3.48. The summed E-state index contributed by atoms with van der Waals surface area (Å²) in [5.41, 5.74) is 6.35. The van der Waals surface area contributed by atoms with Gasteiger partial charge in [0.15, 0.2) is 0 Å². The number of halogens is 1. The molecule has 8 heteroatoms. The van der Waals surface area contributed by atoms with Crippen LogP contribution in [-0.4, -0.2) is 26.8 Å². The summed E-state index contributed by atoms with van der Waals surface area (Å²) in [5.74, 6) is -0.642. The zero-order valence-electron chi connectivity index (χ0n) is 11.0. The molecular formula is C12H15BrN2O4S. The second-order valence-electron chi connectivity index (χ2n) is 4.72. The molecule has 0 spiro atoms. The van der Waals surface area contributed by atoms with Crippen LogP contribution in [0.3, 0.4) is 0 Å². The highest BCUT2D eigenvalue weighted by atomic mass is 79.9. The molecule has 0 aliphatic rings. The zero-order chi connectivity index (χ0) is 15.5. The molecule has 0 aromatic heterocycles. The van der Waals surface area contributed by atoms with Crippen molar-refractivity contribution in [2.24, 2.45) is 5.73 Å². The van der Waals surface area contributed by atoms with Gasteiger partial charge >= 0.3 is 5.97 Å². The molecule has 1 rings (SSSR count). The number of hydrogen-bond acceptors (Lipinski definition) is 5. The van der Waals surface area contributed by atoms with Crippen molar-refractivity contribution >= 4 is 39.3 Å². The third kappa shape index (κ3) is 3.94. The standard InChI is InChI=1S/C12H15BrN2O4S/c1-12(2,10(14)11(16)17)20-6-7-4-3-5-8(9(7)13)15(18)19/h3-5,10H,6,14H2,1-2H3,(H,16,17)/t10-/m0/s1. The molecule has 0 bridgehead atoms. The molecule has 0 aliphatic carbocycles. The molecule has 6 nitrogen and oxygen atoms in total. The lowest BCUT2D eigenvalue weighted by Crippen LogP contribution is -2.46. The van der Waals surface area contributed by atoms with Crippen LogP contribution >= 0.6 is 27.7 Å². The van der Waals surface area contributed by atoms with E-state index in [1.165, 1.54) is 17.8 Å². The Kier molecular flexibility index (Phi) is 5.55. The van der Waals surface area contributed by atoms with E-state index >= 15 is 0 Å². The number of nitro groups is 1. The smallest absolute Gasteiger partial charge is 0.321 e. The number of carboxylic acid groups (broad SMARTS) is 1. The van der Waals surface area contributed by atoms with Gasteiger partial charge in [-0.25, -0.2) is 0 Å². The summed E-state index contributed by atoms with van der Waals surface area (Å²) < 4.78 is -0.271. The van der Waals surface area contributed by atoms with Crippen LogP contribution in [0.2, 0.25) is 0 Å². The van der Waals surface area contributed by atoms with Crippen LogP contribution < -0.4 is 5.73 Å². The number of carbonyl (C=O) groups is 1. The van der Waals surface area contributed by atoms with Crippen molar-refractivity contribution in [1.29, 1.82) is 0 Å². The normalized spacial score (nSPS) is 13.0. The highest BCUT2D eigenvalue weighted by Gasteiger charge is 2.32. The summed E-state index contributed by atoms with van der Waals surface area (Å²) in [5, 5.41) is 19.8. The van der Waals surface area contributed by atoms with Gasteiger partial charge in [0.05, 0.1) is 9.40 Å². The van der Waals surface area contributed by atoms with Crippen LogP contribution in [0.1, 0.15) is 19.4 Å². The maximum absolute atomic E-state index is 10.9. The van der Waals surface area contributed by atoms with E-state index in [2.05, 4.69) is 15.9 Å². The Labute approximate surface area is 129 Å². The molecule has 0 saturated heterocycles. The molecule has 110 valence electrons. The topological polar surface area (TPSA) is 106 Å². The van der Waals surface area contributed by atoms with Crippen LogP contribution in [0.4, 0.5) is 5.69 Å². The quantitative estimate of drug-likeness (QED) is 0.595. The largest absolute Gasteiger partial charge is 0.480 e. The number of carboxylic acids is 1. The molecule has 0 unspecified atom stereocenters. The predicted molar refractivity (Wildman–Crippen MR) is 81.8 cm³/mol. The molecule has 0 aliphatic heterocycles. The van der Waals surface area contributed by atoms with Crippen molar-refractivity contribution in [2.75, 3.05) is 0 Å². The SMILES string of the molecule is CC(C)(SCc1cccc([N+](=O)[O-])c1Br)[C@@H](N)C(=O)O. The Morgan fingerprint density at radius 3 is 2.70 bits per heavy atom. The van der Waals surface area contributed by atoms with Crippen LogP contribution in [0.15, 0.2) is 22.7 Å². The molecule has 0 saturated carbocycles. The molecular weight excluding hydrogens is 348 g/mol. The lowest BCUT2D eigenvalue weighted by molar-refractivity contribution is -0.385. The summed E-state index contributed by atoms with van der Waals surface area (Å²) in [4.78, 5) is 21.3. The Bertz CT molecular complexity index is 536. The second-order valence-corrected chi connectivity index (χ2v) is 7.14. The summed E-state index contributed by atoms with van der Waals surface area (Å²) in [6.07, 6.45) is 0. The number of hydrogen-bond donors (Lipinski definition) is 2. The van der Waals surface area contributed by atoms with Gasteiger partial charge in [0.1, 0.15) is 6.04 Å². The second kappa shape index (κ2) is 6.55. The Balaban J connectivity index is 2.88. The van der Waals surface area contributed by atoms with Crippen molar-refractivity contribution < 1.29 is 14.8 Å². The lowest BCUT2D eigenvalue weighted by Gasteiger charge is -2.28. The van der Waals surface area contributed by atoms with Gasteiger partial charge in [0.25, 0.3) is 5.69 Å². The van der Waals surface area contributed by atoms with Crippen LogP contribution in [0, 0.1) is 10.1 Å². The molecule has 1 aromatic carbocycles. The minimum absolute atomic E-state index is 0.0107. The number of thioether (sulfide) groups is 1. The first-order chi connectivity index (χ1) is 9.16. The number of nitro benzene ring substituents is 1. The Morgan fingerprint density at radius 2 is 2.20 bits per heavy atom. The molecule has 1 aromatic rings. The van der Waals surface area contributed by atoms with E-state index < -0.39 is 21.7 Å². The molecule has 0 heterocycles. The average molecular weight is 363 g/mol. The van der Waals surface area contributed by atoms with Crippen LogP contribution in [0.25, 0.3) is 0 Å². The zero-order valence-corrected chi connectivity index (χ0v) is 13.4. The number of aliphatic carboxylic acids is 1. The van der Waals surface area contributed by atoms with Gasteiger partial charge < -0.3 is 10.8 Å². The van der Waals surface area contributed by atoms with Crippen molar-refractivity contribution in [2.45, 2.75) is 30.4 Å². The lowest BCUT2D eigenvalue weighted by atomic mass is 10.1. The van der Waals surface area contributed by atoms with E-state index in [9.17, 15) is 14.9 Å². The summed E-state index contributed by atoms with van der Waals surface area (Å²) >= 11 is 4.56. The number of benzene rings is 1. The van der Waals surface area contributed by atoms with Crippen LogP contribution in [0.5, 0.6) is 0 Å². The fourth-order valence-electron chi connectivity index (χ4n) is 1.47. The van der Waals surface area contributed by atoms with E-state index in [0.29, 0.717) is 10.2 Å². The number of nitrogens with two attached hydrogens (primary N) is 1. The van der Waals surface area contributed by atoms with E-state index in [0.717, 1.165) is 5.56 Å². The van der Waals surface area contributed by atoms with Gasteiger partial charge in [-0.05, 0) is 35.3 Å². The summed E-state index contributed by atoms with van der Waals surface area (Å²) in [7, 11) is 0. The highest BCUT2D eigenvalue weighted by molar-refractivity contribution is 9.10. The molecule has 0 fully saturated rings. The first-order valence-corrected chi connectivity index (χ1v) is 7.49. The van der Waals surface area contributed by atoms with Crippen molar-refractivity contribution in [3.05, 3.63) is 38.3 Å². The first kappa shape index (κ1) is 16.9. The summed E-state index contributed by atoms with van der Waals surface area (Å²) in [6, 6.07) is 3.76. The van der Waals surface area contributed by atoms with Crippen LogP contribution in [-0.2, 0) is 10.5 Å². The van der Waals surface area contributed by atoms with Crippen molar-refractivity contribution in [3.63, 3.8) is 0 Å². The van der Waals surface area contributed by atoms with Gasteiger partial charge in [-0.1, -0.05) is 12.1 Å². The van der Waals surface area contributed by atoms with Gasteiger partial charge in [-0.2, -0.15) is 0 Å². The van der Waals surface area contributed by atoms with Gasteiger partial charge in [0.2, 0.25) is 0 Å². The van der Waals surface area contributed by atoms with E-state index in [1.54, 1.807) is 26.0 Å². The molecule has 0 radical (unpaired) electrons. The monoisotopic (exact) mass is 362 g/mol. The maximum atomic E-state index is 10.9. The van der Waals surface area contributed by atoms with Crippen molar-refractivity contribution in [3.8, 4) is 0 Å². The fraction of sp³-hybridized carbons (Fsp3) is 0.417. The average Bonchev–Trinajstić information content (AvgIpc) is 2.36. The third-order valence-electron chi connectivity index (χ3n) is 2.87. The van der Waals surface area contributed by atoms with Gasteiger partial charge in [-0.3, -0.25) is 14.9 Å². The Hall–Kier alpha value is -1.12. The van der Waals surface area contributed by atoms with Gasteiger partial charge in [0, 0.05) is 16.6 Å². The number of rotatable bonds is 6. The maximum Gasteiger partial charge on any atom is 0.321 e. The third-order valence-corrected chi connectivity index (χ3v) is 5.24. The predicted octanol–water partition coefficient (Wildman–Crippen LogP) is 2.78. The number of nitrogens with zero attached hydrogens (tertiary/aromatic N) is 1. The highest BCUT2D eigenvalue weighted by Crippen LogP contribution is 2.35. The van der Waals surface area contributed by atoms with E-state index in [4.69, 9.17) is 10.8 Å². The molecule has 1 atom stereocenters. The molecule has 20 heavy (non-hydrogen) atoms. The minimum atomic E-state index is -1.07. The molecule has 0 amide bonds. The Morgan fingerprint density at radius 1 is 1.60 bits per heavy atom. The van der Waals surface area contributed by atoms with E-state index in [-0.39, 0.29) is 5.69 Å².